The van der Waals surface area contributed by atoms with E-state index in [2.05, 4.69) is 104 Å². The van der Waals surface area contributed by atoms with Crippen molar-refractivity contribution in [1.82, 2.24) is 5.01 Å². The van der Waals surface area contributed by atoms with E-state index in [0.717, 1.165) is 6.42 Å². The van der Waals surface area contributed by atoms with Gasteiger partial charge in [0.25, 0.3) is 5.91 Å². The molecule has 188 valence electrons. The predicted octanol–water partition coefficient (Wildman–Crippen LogP) is 7.15. The number of carbonyl (C=O) groups is 1. The Bertz CT molecular complexity index is 1380. The lowest BCUT2D eigenvalue weighted by Gasteiger charge is -2.44. The summed E-state index contributed by atoms with van der Waals surface area (Å²) in [5, 5.41) is 1.38. The van der Waals surface area contributed by atoms with E-state index in [0.29, 0.717) is 12.1 Å². The molecular weight excluding hydrogens is 440 g/mol. The number of amides is 1. The van der Waals surface area contributed by atoms with Crippen molar-refractivity contribution in [2.75, 3.05) is 6.54 Å². The maximum absolute atomic E-state index is 13.3. The van der Waals surface area contributed by atoms with Crippen LogP contribution in [0.15, 0.2) is 60.7 Å². The molecule has 3 aromatic carbocycles. The Labute approximate surface area is 216 Å². The van der Waals surface area contributed by atoms with Gasteiger partial charge in [0, 0.05) is 17.5 Å². The van der Waals surface area contributed by atoms with E-state index in [-0.39, 0.29) is 27.6 Å². The summed E-state index contributed by atoms with van der Waals surface area (Å²) in [6.45, 7) is 19.1. The first-order valence-corrected chi connectivity index (χ1v) is 13.2. The van der Waals surface area contributed by atoms with Crippen LogP contribution < -0.4 is 5.84 Å². The van der Waals surface area contributed by atoms with Gasteiger partial charge in [-0.1, -0.05) is 104 Å². The summed E-state index contributed by atoms with van der Waals surface area (Å²) in [5.74, 6) is 6.20. The number of benzene rings is 3. The zero-order valence-corrected chi connectivity index (χ0v) is 23.1. The summed E-state index contributed by atoms with van der Waals surface area (Å²) in [7, 11) is 0. The normalized spacial score (nSPS) is 19.4. The fourth-order valence-electron chi connectivity index (χ4n) is 6.62. The maximum Gasteiger partial charge on any atom is 0.267 e. The highest BCUT2D eigenvalue weighted by Crippen LogP contribution is 2.61. The smallest absolute Gasteiger partial charge is 0.267 e. The lowest BCUT2D eigenvalue weighted by molar-refractivity contribution is 0.0757. The minimum Gasteiger partial charge on any atom is -0.276 e. The van der Waals surface area contributed by atoms with E-state index >= 15 is 0 Å². The van der Waals surface area contributed by atoms with Crippen molar-refractivity contribution >= 4 is 5.91 Å². The molecule has 5 rings (SSSR count). The molecule has 0 aliphatic heterocycles. The van der Waals surface area contributed by atoms with Crippen LogP contribution in [0.2, 0.25) is 0 Å². The molecule has 3 aromatic rings. The van der Waals surface area contributed by atoms with Gasteiger partial charge in [-0.05, 0) is 73.7 Å². The number of fused-ring (bicyclic) bond motifs is 4. The van der Waals surface area contributed by atoms with Crippen LogP contribution in [-0.2, 0) is 22.7 Å². The van der Waals surface area contributed by atoms with Crippen LogP contribution in [0.5, 0.6) is 0 Å². The Morgan fingerprint density at radius 3 is 2.08 bits per heavy atom. The molecule has 2 aliphatic carbocycles. The van der Waals surface area contributed by atoms with E-state index in [4.69, 9.17) is 5.84 Å². The number of rotatable bonds is 4. The van der Waals surface area contributed by atoms with Crippen molar-refractivity contribution in [3.8, 4) is 11.1 Å². The fraction of sp³-hybridized carbons (Fsp3) is 0.424. The molecule has 0 bridgehead atoms. The van der Waals surface area contributed by atoms with Crippen molar-refractivity contribution in [3.63, 3.8) is 0 Å². The number of carbonyl (C=O) groups excluding carboxylic acids is 1. The first-order chi connectivity index (χ1) is 16.7. The van der Waals surface area contributed by atoms with Crippen LogP contribution in [0.25, 0.3) is 11.1 Å². The largest absolute Gasteiger partial charge is 0.276 e. The minimum absolute atomic E-state index is 0.0643. The summed E-state index contributed by atoms with van der Waals surface area (Å²) >= 11 is 0. The number of hydrogen-bond donors (Lipinski definition) is 1. The third kappa shape index (κ3) is 3.25. The first-order valence-electron chi connectivity index (χ1n) is 13.2. The Hall–Kier alpha value is -2.91. The molecule has 1 amide bonds. The molecule has 0 saturated heterocycles. The average molecular weight is 481 g/mol. The molecule has 2 N–H and O–H groups in total. The lowest BCUT2D eigenvalue weighted by atomic mass is 9.59. The second-order valence-corrected chi connectivity index (χ2v) is 12.9. The monoisotopic (exact) mass is 480 g/mol. The zero-order chi connectivity index (χ0) is 26.3. The number of nitrogens with two attached hydrogens (primary N) is 1. The fourth-order valence-corrected chi connectivity index (χ4v) is 6.62. The van der Waals surface area contributed by atoms with E-state index < -0.39 is 0 Å². The second kappa shape index (κ2) is 7.79. The van der Waals surface area contributed by atoms with E-state index in [1.54, 1.807) is 0 Å². The molecule has 0 radical (unpaired) electrons. The van der Waals surface area contributed by atoms with Crippen LogP contribution in [0.4, 0.5) is 0 Å². The van der Waals surface area contributed by atoms with Gasteiger partial charge in [0.15, 0.2) is 0 Å². The summed E-state index contributed by atoms with van der Waals surface area (Å²) in [6, 6.07) is 21.4. The predicted molar refractivity (Wildman–Crippen MR) is 149 cm³/mol. The molecule has 0 unspecified atom stereocenters. The Morgan fingerprint density at radius 2 is 1.36 bits per heavy atom. The van der Waals surface area contributed by atoms with Crippen molar-refractivity contribution in [3.05, 3.63) is 94.0 Å². The number of nitrogens with zero attached hydrogens (tertiary/aromatic N) is 1. The summed E-state index contributed by atoms with van der Waals surface area (Å²) < 4.78 is 0. The van der Waals surface area contributed by atoms with E-state index in [1.165, 1.54) is 44.0 Å². The van der Waals surface area contributed by atoms with Crippen LogP contribution >= 0.6 is 0 Å². The van der Waals surface area contributed by atoms with Crippen LogP contribution in [0, 0.1) is 5.41 Å². The van der Waals surface area contributed by atoms with Crippen molar-refractivity contribution < 1.29 is 4.79 Å². The number of hydrazine groups is 1. The molecule has 0 saturated carbocycles. The van der Waals surface area contributed by atoms with Crippen molar-refractivity contribution in [1.29, 1.82) is 0 Å². The molecule has 0 aromatic heterocycles. The van der Waals surface area contributed by atoms with Gasteiger partial charge in [-0.2, -0.15) is 0 Å². The van der Waals surface area contributed by atoms with Gasteiger partial charge in [-0.3, -0.25) is 9.80 Å². The number of hydrogen-bond acceptors (Lipinski definition) is 2. The second-order valence-electron chi connectivity index (χ2n) is 12.9. The highest BCUT2D eigenvalue weighted by molar-refractivity contribution is 5.96. The molecule has 3 nitrogen and oxygen atoms in total. The molecule has 0 heterocycles. The van der Waals surface area contributed by atoms with Crippen LogP contribution in [0.1, 0.15) is 93.6 Å². The van der Waals surface area contributed by atoms with Crippen LogP contribution in [0.3, 0.4) is 0 Å². The molecule has 0 atom stereocenters. The Balaban J connectivity index is 1.35. The van der Waals surface area contributed by atoms with Gasteiger partial charge in [0.1, 0.15) is 0 Å². The van der Waals surface area contributed by atoms with Gasteiger partial charge in [0.2, 0.25) is 0 Å². The molecule has 3 heteroatoms. The minimum atomic E-state index is -0.138. The maximum atomic E-state index is 13.3. The van der Waals surface area contributed by atoms with E-state index in [1.807, 2.05) is 12.1 Å². The zero-order valence-electron chi connectivity index (χ0n) is 23.1. The van der Waals surface area contributed by atoms with Gasteiger partial charge < -0.3 is 0 Å². The highest BCUT2D eigenvalue weighted by Gasteiger charge is 2.56. The summed E-state index contributed by atoms with van der Waals surface area (Å²) in [4.78, 5) is 13.3. The molecule has 36 heavy (non-hydrogen) atoms. The van der Waals surface area contributed by atoms with Gasteiger partial charge >= 0.3 is 0 Å². The van der Waals surface area contributed by atoms with Gasteiger partial charge in [0.05, 0.1) is 0 Å². The summed E-state index contributed by atoms with van der Waals surface area (Å²) in [5.41, 5.74) is 9.85. The van der Waals surface area contributed by atoms with Crippen molar-refractivity contribution in [2.45, 2.75) is 78.1 Å². The summed E-state index contributed by atoms with van der Waals surface area (Å²) in [6.07, 6.45) is 0.730. The first kappa shape index (κ1) is 24.8. The Kier molecular flexibility index (Phi) is 5.36. The topological polar surface area (TPSA) is 46.3 Å². The van der Waals surface area contributed by atoms with Gasteiger partial charge in [-0.25, -0.2) is 5.84 Å². The molecule has 2 aliphatic rings. The van der Waals surface area contributed by atoms with E-state index in [9.17, 15) is 4.79 Å². The molecular formula is C33H40N2O. The highest BCUT2D eigenvalue weighted by atomic mass is 16.2. The lowest BCUT2D eigenvalue weighted by Crippen LogP contribution is -2.42. The average Bonchev–Trinajstić information content (AvgIpc) is 3.13. The Morgan fingerprint density at radius 1 is 0.722 bits per heavy atom. The quantitative estimate of drug-likeness (QED) is 0.245. The van der Waals surface area contributed by atoms with Gasteiger partial charge in [-0.15, -0.1) is 0 Å². The SMILES string of the molecule is CC1(C)c2ccccc2-c2ccc(C(=O)N(N)CCc3ccc4c(c3)C(C)(C)C(C)(C)C4(C)C)cc21. The molecule has 0 spiro atoms. The van der Waals surface area contributed by atoms with Crippen molar-refractivity contribution in [2.24, 2.45) is 11.3 Å². The third-order valence-corrected chi connectivity index (χ3v) is 10.3. The third-order valence-electron chi connectivity index (χ3n) is 10.3. The standard InChI is InChI=1S/C33H40N2O/c1-30(2)25-12-10-9-11-23(25)24-15-14-22(20-27(24)30)29(36)35(34)18-17-21-13-16-26-28(19-21)32(5,6)33(7,8)31(26,3)4/h9-16,19-20H,17-18,34H2,1-8H3. The van der Waals surface area contributed by atoms with Crippen LogP contribution in [-0.4, -0.2) is 17.5 Å². The molecule has 0 fully saturated rings.